The minimum Gasteiger partial charge on any atom is -0.478 e. The molecule has 98 valence electrons. The number of carboxylic acids is 1. The van der Waals surface area contributed by atoms with E-state index in [9.17, 15) is 9.90 Å². The summed E-state index contributed by atoms with van der Waals surface area (Å²) < 4.78 is 0. The van der Waals surface area contributed by atoms with E-state index in [2.05, 4.69) is 12.7 Å². The molecule has 0 heterocycles. The van der Waals surface area contributed by atoms with Crippen LogP contribution in [0.5, 0.6) is 0 Å². The van der Waals surface area contributed by atoms with E-state index >= 15 is 0 Å². The van der Waals surface area contributed by atoms with Gasteiger partial charge >= 0.3 is 5.97 Å². The fourth-order valence-electron chi connectivity index (χ4n) is 5.09. The Morgan fingerprint density at radius 3 is 2.06 bits per heavy atom. The van der Waals surface area contributed by atoms with E-state index in [1.807, 2.05) is 0 Å². The minimum atomic E-state index is -0.759. The van der Waals surface area contributed by atoms with E-state index in [0.29, 0.717) is 12.0 Å². The van der Waals surface area contributed by atoms with Crippen LogP contribution in [0.15, 0.2) is 24.3 Å². The highest BCUT2D eigenvalue weighted by Crippen LogP contribution is 2.60. The zero-order valence-corrected chi connectivity index (χ0v) is 10.9. The molecule has 4 aliphatic carbocycles. The number of hydrogen-bond acceptors (Lipinski definition) is 1. The smallest absolute Gasteiger partial charge is 0.331 e. The highest BCUT2D eigenvalue weighted by Gasteiger charge is 2.49. The molecule has 0 radical (unpaired) electrons. The van der Waals surface area contributed by atoms with Gasteiger partial charge in [0.25, 0.3) is 0 Å². The Hall–Kier alpha value is -1.05. The zero-order valence-electron chi connectivity index (χ0n) is 10.9. The van der Waals surface area contributed by atoms with Gasteiger partial charge in [-0.25, -0.2) is 4.79 Å². The van der Waals surface area contributed by atoms with Gasteiger partial charge in [-0.15, -0.1) is 6.58 Å². The summed E-state index contributed by atoms with van der Waals surface area (Å²) in [5.74, 6) is 1.84. The van der Waals surface area contributed by atoms with Crippen molar-refractivity contribution in [2.45, 2.75) is 44.9 Å². The Morgan fingerprint density at radius 2 is 1.67 bits per heavy atom. The van der Waals surface area contributed by atoms with Crippen molar-refractivity contribution in [3.05, 3.63) is 24.3 Å². The second kappa shape index (κ2) is 4.25. The lowest BCUT2D eigenvalue weighted by Gasteiger charge is -2.56. The van der Waals surface area contributed by atoms with Crippen molar-refractivity contribution in [1.82, 2.24) is 0 Å². The molecule has 4 bridgehead atoms. The third-order valence-electron chi connectivity index (χ3n) is 5.20. The third-order valence-corrected chi connectivity index (χ3v) is 5.20. The van der Waals surface area contributed by atoms with Gasteiger partial charge in [-0.2, -0.15) is 0 Å². The predicted octanol–water partition coefficient (Wildman–Crippen LogP) is 3.79. The van der Waals surface area contributed by atoms with Crippen molar-refractivity contribution in [3.63, 3.8) is 0 Å². The maximum Gasteiger partial charge on any atom is 0.331 e. The summed E-state index contributed by atoms with van der Waals surface area (Å²) in [4.78, 5) is 11.3. The second-order valence-electron chi connectivity index (χ2n) is 6.75. The molecular formula is C16H22O2. The van der Waals surface area contributed by atoms with Crippen LogP contribution in [-0.4, -0.2) is 11.1 Å². The molecule has 0 amide bonds. The Kier molecular flexibility index (Phi) is 2.84. The van der Waals surface area contributed by atoms with E-state index in [4.69, 9.17) is 0 Å². The number of carboxylic acid groups (broad SMARTS) is 1. The molecule has 4 saturated carbocycles. The Bertz CT molecular complexity index is 370. The summed E-state index contributed by atoms with van der Waals surface area (Å²) in [6.07, 6.45) is 12.2. The van der Waals surface area contributed by atoms with Gasteiger partial charge in [0, 0.05) is 5.57 Å². The fourth-order valence-corrected chi connectivity index (χ4v) is 5.09. The van der Waals surface area contributed by atoms with E-state index < -0.39 is 5.97 Å². The summed E-state index contributed by atoms with van der Waals surface area (Å²) >= 11 is 0. The largest absolute Gasteiger partial charge is 0.478 e. The molecule has 18 heavy (non-hydrogen) atoms. The van der Waals surface area contributed by atoms with Gasteiger partial charge in [0.05, 0.1) is 0 Å². The fraction of sp³-hybridized carbons (Fsp3) is 0.688. The quantitative estimate of drug-likeness (QED) is 0.605. The Balaban J connectivity index is 1.88. The topological polar surface area (TPSA) is 37.3 Å². The van der Waals surface area contributed by atoms with Gasteiger partial charge in [-0.05, 0) is 68.1 Å². The predicted molar refractivity (Wildman–Crippen MR) is 71.1 cm³/mol. The summed E-state index contributed by atoms with van der Waals surface area (Å²) in [5, 5.41) is 9.29. The number of allylic oxidation sites excluding steroid dienone is 2. The van der Waals surface area contributed by atoms with Crippen LogP contribution in [0.4, 0.5) is 0 Å². The third kappa shape index (κ3) is 2.02. The average Bonchev–Trinajstić information content (AvgIpc) is 2.26. The minimum absolute atomic E-state index is 0.214. The van der Waals surface area contributed by atoms with Crippen LogP contribution < -0.4 is 0 Å². The van der Waals surface area contributed by atoms with Gasteiger partial charge < -0.3 is 5.11 Å². The Labute approximate surface area is 109 Å². The first-order valence-electron chi connectivity index (χ1n) is 7.16. The zero-order chi connectivity index (χ0) is 12.8. The summed E-state index contributed by atoms with van der Waals surface area (Å²) in [6.45, 7) is 3.67. The number of hydrogen-bond donors (Lipinski definition) is 1. The second-order valence-corrected chi connectivity index (χ2v) is 6.75. The standard InChI is InChI=1S/C16H22O2/c1-2-3-14(15(17)18)10-16-7-11-4-12(8-16)6-13(5-11)9-16/h2,10-13H,1,3-9H2,(H,17,18). The molecule has 0 aromatic rings. The first-order valence-corrected chi connectivity index (χ1v) is 7.16. The monoisotopic (exact) mass is 246 g/mol. The molecule has 0 aromatic carbocycles. The van der Waals surface area contributed by atoms with Crippen LogP contribution in [0.1, 0.15) is 44.9 Å². The molecule has 2 heteroatoms. The van der Waals surface area contributed by atoms with Gasteiger partial charge in [-0.1, -0.05) is 12.2 Å². The first-order chi connectivity index (χ1) is 8.60. The summed E-state index contributed by atoms with van der Waals surface area (Å²) in [7, 11) is 0. The summed E-state index contributed by atoms with van der Waals surface area (Å²) in [5.41, 5.74) is 0.776. The number of aliphatic carboxylic acids is 1. The molecule has 0 spiro atoms. The van der Waals surface area contributed by atoms with Crippen molar-refractivity contribution in [3.8, 4) is 0 Å². The lowest BCUT2D eigenvalue weighted by Crippen LogP contribution is -2.45. The van der Waals surface area contributed by atoms with Gasteiger partial charge in [0.2, 0.25) is 0 Å². The molecule has 0 aromatic heterocycles. The number of rotatable bonds is 4. The molecule has 4 rings (SSSR count). The van der Waals surface area contributed by atoms with E-state index in [1.165, 1.54) is 38.5 Å². The van der Waals surface area contributed by atoms with Crippen LogP contribution in [0.3, 0.4) is 0 Å². The van der Waals surface area contributed by atoms with Crippen molar-refractivity contribution in [2.75, 3.05) is 0 Å². The van der Waals surface area contributed by atoms with Crippen molar-refractivity contribution < 1.29 is 9.90 Å². The highest BCUT2D eigenvalue weighted by atomic mass is 16.4. The normalized spacial score (nSPS) is 42.0. The van der Waals surface area contributed by atoms with E-state index in [1.54, 1.807) is 6.08 Å². The molecule has 0 aliphatic heterocycles. The van der Waals surface area contributed by atoms with Crippen molar-refractivity contribution in [1.29, 1.82) is 0 Å². The molecule has 2 nitrogen and oxygen atoms in total. The maximum absolute atomic E-state index is 11.3. The lowest BCUT2D eigenvalue weighted by atomic mass is 9.49. The lowest BCUT2D eigenvalue weighted by molar-refractivity contribution is -0.132. The molecule has 4 fully saturated rings. The molecule has 0 unspecified atom stereocenters. The molecule has 0 atom stereocenters. The average molecular weight is 246 g/mol. The molecule has 0 saturated heterocycles. The van der Waals surface area contributed by atoms with E-state index in [-0.39, 0.29) is 5.41 Å². The SMILES string of the molecule is C=CCC(=CC12CC3CC(CC(C3)C1)C2)C(=O)O. The van der Waals surface area contributed by atoms with Gasteiger partial charge in [-0.3, -0.25) is 0 Å². The van der Waals surface area contributed by atoms with Crippen LogP contribution in [-0.2, 0) is 4.79 Å². The molecular weight excluding hydrogens is 224 g/mol. The number of carbonyl (C=O) groups is 1. The molecule has 4 aliphatic rings. The summed E-state index contributed by atoms with van der Waals surface area (Å²) in [6, 6.07) is 0. The van der Waals surface area contributed by atoms with Crippen LogP contribution in [0, 0.1) is 23.2 Å². The van der Waals surface area contributed by atoms with Crippen LogP contribution in [0.25, 0.3) is 0 Å². The highest BCUT2D eigenvalue weighted by molar-refractivity contribution is 5.87. The maximum atomic E-state index is 11.3. The van der Waals surface area contributed by atoms with Crippen LogP contribution >= 0.6 is 0 Å². The van der Waals surface area contributed by atoms with Crippen molar-refractivity contribution >= 4 is 5.97 Å². The van der Waals surface area contributed by atoms with Gasteiger partial charge in [0.1, 0.15) is 0 Å². The first kappa shape index (κ1) is 12.0. The van der Waals surface area contributed by atoms with Crippen LogP contribution in [0.2, 0.25) is 0 Å². The molecule has 1 N–H and O–H groups in total. The Morgan fingerprint density at radius 1 is 1.17 bits per heavy atom. The van der Waals surface area contributed by atoms with Crippen molar-refractivity contribution in [2.24, 2.45) is 23.2 Å². The van der Waals surface area contributed by atoms with E-state index in [0.717, 1.165) is 17.8 Å². The van der Waals surface area contributed by atoms with Gasteiger partial charge in [0.15, 0.2) is 0 Å².